The minimum atomic E-state index is -0.331. The third kappa shape index (κ3) is 1.16. The highest BCUT2D eigenvalue weighted by Crippen LogP contribution is 2.07. The van der Waals surface area contributed by atoms with Crippen LogP contribution in [0.1, 0.15) is 0 Å². The van der Waals surface area contributed by atoms with Crippen molar-refractivity contribution in [1.82, 2.24) is 19.5 Å². The summed E-state index contributed by atoms with van der Waals surface area (Å²) < 4.78 is 2.55. The normalized spacial score (nSPS) is 10.8. The largest absolute Gasteiger partial charge is 0.327 e. The van der Waals surface area contributed by atoms with Crippen LogP contribution in [0.25, 0.3) is 11.2 Å². The van der Waals surface area contributed by atoms with Gasteiger partial charge < -0.3 is 9.55 Å². The van der Waals surface area contributed by atoms with Crippen molar-refractivity contribution in [2.75, 3.05) is 0 Å². The van der Waals surface area contributed by atoms with E-state index in [-0.39, 0.29) is 5.69 Å². The van der Waals surface area contributed by atoms with Crippen LogP contribution in [0, 0.1) is 9.41 Å². The third-order valence-corrected chi connectivity index (χ3v) is 2.48. The van der Waals surface area contributed by atoms with E-state index in [0.717, 1.165) is 0 Å². The second-order valence-electron chi connectivity index (χ2n) is 2.62. The molecule has 5 nitrogen and oxygen atoms in total. The van der Waals surface area contributed by atoms with Gasteiger partial charge in [-0.1, -0.05) is 12.2 Å². The highest BCUT2D eigenvalue weighted by molar-refractivity contribution is 7.71. The second kappa shape index (κ2) is 2.64. The molecule has 13 heavy (non-hydrogen) atoms. The van der Waals surface area contributed by atoms with E-state index >= 15 is 0 Å². The highest BCUT2D eigenvalue weighted by atomic mass is 32.1. The zero-order chi connectivity index (χ0) is 9.59. The topological polar surface area (TPSA) is 69.4 Å². The number of nitrogens with zero attached hydrogens (tertiary/aromatic N) is 1. The summed E-state index contributed by atoms with van der Waals surface area (Å²) in [7, 11) is 1.76. The van der Waals surface area contributed by atoms with Crippen LogP contribution in [0.2, 0.25) is 0 Å². The predicted octanol–water partition coefficient (Wildman–Crippen LogP) is 0.982. The molecule has 0 spiro atoms. The molecule has 2 aromatic rings. The molecule has 2 rings (SSSR count). The fraction of sp³-hybridized carbons (Fsp3) is 0.167. The number of aromatic nitrogens is 4. The van der Waals surface area contributed by atoms with E-state index in [1.807, 2.05) is 0 Å². The van der Waals surface area contributed by atoms with E-state index in [9.17, 15) is 4.79 Å². The number of H-pyrrole nitrogens is 3. The summed E-state index contributed by atoms with van der Waals surface area (Å²) in [5, 5.41) is 0. The smallest absolute Gasteiger partial charge is 0.325 e. The van der Waals surface area contributed by atoms with Crippen molar-refractivity contribution >= 4 is 35.6 Å². The van der Waals surface area contributed by atoms with Crippen LogP contribution in [0.5, 0.6) is 0 Å². The average Bonchev–Trinajstić information content (AvgIpc) is 2.32. The maximum absolute atomic E-state index is 11.0. The predicted molar refractivity (Wildman–Crippen MR) is 53.9 cm³/mol. The molecule has 2 aromatic heterocycles. The monoisotopic (exact) mass is 214 g/mol. The Morgan fingerprint density at radius 1 is 1.23 bits per heavy atom. The molecular formula is C6H6N4OS2. The Labute approximate surface area is 82.4 Å². The molecule has 7 heteroatoms. The molecule has 0 amide bonds. The van der Waals surface area contributed by atoms with Gasteiger partial charge in [-0.3, -0.25) is 9.97 Å². The van der Waals surface area contributed by atoms with Crippen LogP contribution >= 0.6 is 24.4 Å². The third-order valence-electron chi connectivity index (χ3n) is 1.79. The molecule has 0 fully saturated rings. The second-order valence-corrected chi connectivity index (χ2v) is 3.42. The van der Waals surface area contributed by atoms with E-state index in [4.69, 9.17) is 24.4 Å². The van der Waals surface area contributed by atoms with Crippen LogP contribution in [0.4, 0.5) is 0 Å². The van der Waals surface area contributed by atoms with Crippen molar-refractivity contribution in [3.63, 3.8) is 0 Å². The molecule has 68 valence electrons. The van der Waals surface area contributed by atoms with Crippen LogP contribution < -0.4 is 5.69 Å². The molecule has 2 heterocycles. The van der Waals surface area contributed by atoms with E-state index in [0.29, 0.717) is 20.6 Å². The summed E-state index contributed by atoms with van der Waals surface area (Å²) in [4.78, 5) is 19.0. The van der Waals surface area contributed by atoms with Crippen molar-refractivity contribution in [2.24, 2.45) is 7.05 Å². The molecule has 0 saturated carbocycles. The summed E-state index contributed by atoms with van der Waals surface area (Å²) in [6.07, 6.45) is 0. The highest BCUT2D eigenvalue weighted by Gasteiger charge is 2.02. The molecule has 0 unspecified atom stereocenters. The fourth-order valence-corrected chi connectivity index (χ4v) is 1.57. The molecule has 0 atom stereocenters. The van der Waals surface area contributed by atoms with Gasteiger partial charge in [0.25, 0.3) is 0 Å². The number of imidazole rings is 1. The van der Waals surface area contributed by atoms with Crippen LogP contribution in [0.3, 0.4) is 0 Å². The van der Waals surface area contributed by atoms with Gasteiger partial charge in [-0.2, -0.15) is 0 Å². The van der Waals surface area contributed by atoms with E-state index in [2.05, 4.69) is 15.0 Å². The number of fused-ring (bicyclic) bond motifs is 1. The Morgan fingerprint density at radius 2 is 1.92 bits per heavy atom. The Hall–Kier alpha value is -1.21. The maximum Gasteiger partial charge on any atom is 0.325 e. The van der Waals surface area contributed by atoms with Gasteiger partial charge in [0.2, 0.25) is 0 Å². The fourth-order valence-electron chi connectivity index (χ4n) is 1.13. The van der Waals surface area contributed by atoms with Gasteiger partial charge in [0.15, 0.2) is 4.77 Å². The van der Waals surface area contributed by atoms with E-state index < -0.39 is 0 Å². The molecule has 0 aliphatic rings. The quantitative estimate of drug-likeness (QED) is 0.573. The molecule has 0 aliphatic heterocycles. The summed E-state index contributed by atoms with van der Waals surface area (Å²) in [5.74, 6) is 0. The summed E-state index contributed by atoms with van der Waals surface area (Å²) in [5.41, 5.74) is 0.933. The molecule has 0 aromatic carbocycles. The summed E-state index contributed by atoms with van der Waals surface area (Å²) in [6.45, 7) is 0. The lowest BCUT2D eigenvalue weighted by molar-refractivity contribution is 0.903. The Bertz CT molecular complexity index is 628. The number of rotatable bonds is 0. The number of hydrogen-bond donors (Lipinski definition) is 3. The number of aromatic amines is 3. The van der Waals surface area contributed by atoms with Crippen molar-refractivity contribution in [2.45, 2.75) is 0 Å². The van der Waals surface area contributed by atoms with Crippen LogP contribution in [0.15, 0.2) is 4.79 Å². The van der Waals surface area contributed by atoms with Gasteiger partial charge in [0.05, 0.1) is 0 Å². The van der Waals surface area contributed by atoms with E-state index in [1.165, 1.54) is 0 Å². The minimum Gasteiger partial charge on any atom is -0.327 e. The summed E-state index contributed by atoms with van der Waals surface area (Å²) in [6, 6.07) is 0. The zero-order valence-corrected chi connectivity index (χ0v) is 8.30. The standard InChI is InChI=1S/C6H6N4OS2/c1-10-3-2(7-6(10)13)4(12)9-5(11)8-3/h1H3,(H,7,13)(H2,8,9,11,12). The minimum absolute atomic E-state index is 0.331. The SMILES string of the molecule is Cn1c(=S)[nH]c2c(=S)[nH]c(=O)[nH]c21. The first-order valence-electron chi connectivity index (χ1n) is 3.51. The van der Waals surface area contributed by atoms with Crippen molar-refractivity contribution < 1.29 is 0 Å². The first-order chi connectivity index (χ1) is 6.09. The van der Waals surface area contributed by atoms with Gasteiger partial charge >= 0.3 is 5.69 Å². The maximum atomic E-state index is 11.0. The Kier molecular flexibility index (Phi) is 1.70. The molecule has 0 aliphatic carbocycles. The van der Waals surface area contributed by atoms with Crippen LogP contribution in [-0.2, 0) is 7.05 Å². The Balaban J connectivity index is 3.22. The van der Waals surface area contributed by atoms with Crippen molar-refractivity contribution in [1.29, 1.82) is 0 Å². The average molecular weight is 214 g/mol. The zero-order valence-electron chi connectivity index (χ0n) is 6.67. The first kappa shape index (κ1) is 8.39. The number of aryl methyl sites for hydroxylation is 1. The van der Waals surface area contributed by atoms with Crippen LogP contribution in [-0.4, -0.2) is 19.5 Å². The summed E-state index contributed by atoms with van der Waals surface area (Å²) >= 11 is 9.93. The van der Waals surface area contributed by atoms with Crippen molar-refractivity contribution in [3.05, 3.63) is 19.9 Å². The van der Waals surface area contributed by atoms with Gasteiger partial charge in [0.1, 0.15) is 15.8 Å². The number of hydrogen-bond acceptors (Lipinski definition) is 3. The molecular weight excluding hydrogens is 208 g/mol. The lowest BCUT2D eigenvalue weighted by Gasteiger charge is -1.92. The molecule has 3 N–H and O–H groups in total. The van der Waals surface area contributed by atoms with Gasteiger partial charge in [-0.15, -0.1) is 0 Å². The van der Waals surface area contributed by atoms with Gasteiger partial charge in [-0.25, -0.2) is 4.79 Å². The number of nitrogens with one attached hydrogen (secondary N) is 3. The lowest BCUT2D eigenvalue weighted by atomic mass is 10.6. The molecule has 0 radical (unpaired) electrons. The van der Waals surface area contributed by atoms with Gasteiger partial charge in [0, 0.05) is 7.05 Å². The van der Waals surface area contributed by atoms with Gasteiger partial charge in [-0.05, 0) is 12.2 Å². The molecule has 0 bridgehead atoms. The molecule has 0 saturated heterocycles. The Morgan fingerprint density at radius 3 is 2.62 bits per heavy atom. The lowest BCUT2D eigenvalue weighted by Crippen LogP contribution is -2.10. The van der Waals surface area contributed by atoms with Crippen molar-refractivity contribution in [3.8, 4) is 0 Å². The first-order valence-corrected chi connectivity index (χ1v) is 4.32. The van der Waals surface area contributed by atoms with E-state index in [1.54, 1.807) is 11.6 Å².